The number of hydrogen-bond acceptors (Lipinski definition) is 5. The summed E-state index contributed by atoms with van der Waals surface area (Å²) in [5.41, 5.74) is -0.649. The van der Waals surface area contributed by atoms with Gasteiger partial charge in [0.1, 0.15) is 23.3 Å². The van der Waals surface area contributed by atoms with Crippen molar-refractivity contribution in [3.63, 3.8) is 0 Å². The first-order chi connectivity index (χ1) is 15.2. The highest BCUT2D eigenvalue weighted by molar-refractivity contribution is 8.04. The molecule has 1 rings (SSSR count). The summed E-state index contributed by atoms with van der Waals surface area (Å²) in [6.45, 7) is 2.26. The van der Waals surface area contributed by atoms with Crippen molar-refractivity contribution in [3.05, 3.63) is 22.1 Å². The van der Waals surface area contributed by atoms with Crippen LogP contribution in [0.2, 0.25) is 0 Å². The van der Waals surface area contributed by atoms with E-state index in [-0.39, 0.29) is 11.1 Å². The normalized spacial score (nSPS) is 13.8. The van der Waals surface area contributed by atoms with Crippen molar-refractivity contribution in [2.24, 2.45) is 0 Å². The molecule has 0 heterocycles. The van der Waals surface area contributed by atoms with Gasteiger partial charge in [-0.3, -0.25) is 9.59 Å². The summed E-state index contributed by atoms with van der Waals surface area (Å²) in [6, 6.07) is 3.37. The molecule has 0 amide bonds. The molecule has 1 aliphatic rings. The Kier molecular flexibility index (Phi) is 15.6. The standard InChI is InChI=1S/C26H38N2O2S/c1-2-3-4-5-6-7-8-9-10-11-12-13-14-15-16-17-18-31-25-19-24(29)22(20-27)23(21-28)26(25)30/h19H,2-18H2,1H3. The van der Waals surface area contributed by atoms with Crippen LogP contribution in [0.1, 0.15) is 110 Å². The fourth-order valence-electron chi connectivity index (χ4n) is 3.77. The Morgan fingerprint density at radius 2 is 1.10 bits per heavy atom. The van der Waals surface area contributed by atoms with Gasteiger partial charge in [0.2, 0.25) is 5.78 Å². The van der Waals surface area contributed by atoms with Gasteiger partial charge in [-0.1, -0.05) is 103 Å². The summed E-state index contributed by atoms with van der Waals surface area (Å²) in [6.07, 6.45) is 22.3. The summed E-state index contributed by atoms with van der Waals surface area (Å²) < 4.78 is 0. The van der Waals surface area contributed by atoms with Gasteiger partial charge in [-0.25, -0.2) is 0 Å². The minimum atomic E-state index is -0.534. The lowest BCUT2D eigenvalue weighted by atomic mass is 9.97. The average Bonchev–Trinajstić information content (AvgIpc) is 2.77. The third-order valence-corrected chi connectivity index (χ3v) is 6.80. The van der Waals surface area contributed by atoms with Crippen molar-refractivity contribution in [3.8, 4) is 12.1 Å². The Labute approximate surface area is 193 Å². The fourth-order valence-corrected chi connectivity index (χ4v) is 4.77. The maximum Gasteiger partial charge on any atom is 0.211 e. The van der Waals surface area contributed by atoms with Gasteiger partial charge in [0, 0.05) is 6.08 Å². The van der Waals surface area contributed by atoms with Crippen LogP contribution in [0.5, 0.6) is 0 Å². The topological polar surface area (TPSA) is 81.7 Å². The Bertz CT molecular complexity index is 710. The molecule has 0 aliphatic heterocycles. The van der Waals surface area contributed by atoms with Gasteiger partial charge < -0.3 is 0 Å². The maximum atomic E-state index is 12.2. The van der Waals surface area contributed by atoms with Crippen LogP contribution in [0.3, 0.4) is 0 Å². The zero-order valence-corrected chi connectivity index (χ0v) is 20.0. The SMILES string of the molecule is CCCCCCCCCCCCCCCCCCSC1=CC(=O)C(C#N)=C(C#N)C1=O. The van der Waals surface area contributed by atoms with E-state index >= 15 is 0 Å². The van der Waals surface area contributed by atoms with Gasteiger partial charge in [-0.2, -0.15) is 10.5 Å². The van der Waals surface area contributed by atoms with Crippen LogP contribution < -0.4 is 0 Å². The first kappa shape index (κ1) is 27.2. The lowest BCUT2D eigenvalue weighted by molar-refractivity contribution is -0.114. The molecule has 0 radical (unpaired) electrons. The molecule has 0 unspecified atom stereocenters. The summed E-state index contributed by atoms with van der Waals surface area (Å²) >= 11 is 1.32. The van der Waals surface area contributed by atoms with Gasteiger partial charge in [-0.15, -0.1) is 11.8 Å². The van der Waals surface area contributed by atoms with E-state index < -0.39 is 11.6 Å². The molecule has 0 saturated heterocycles. The van der Waals surface area contributed by atoms with Crippen LogP contribution in [0.25, 0.3) is 0 Å². The molecule has 31 heavy (non-hydrogen) atoms. The highest BCUT2D eigenvalue weighted by Gasteiger charge is 2.28. The highest BCUT2D eigenvalue weighted by Crippen LogP contribution is 2.27. The molecule has 0 saturated carbocycles. The number of unbranched alkanes of at least 4 members (excludes halogenated alkanes) is 15. The summed E-state index contributed by atoms with van der Waals surface area (Å²) in [5.74, 6) is -0.266. The zero-order chi connectivity index (χ0) is 22.7. The number of nitrogens with zero attached hydrogens (tertiary/aromatic N) is 2. The minimum absolute atomic E-state index is 0.293. The van der Waals surface area contributed by atoms with E-state index in [1.165, 1.54) is 108 Å². The fraction of sp³-hybridized carbons (Fsp3) is 0.692. The molecule has 0 aromatic heterocycles. The van der Waals surface area contributed by atoms with Crippen molar-refractivity contribution < 1.29 is 9.59 Å². The van der Waals surface area contributed by atoms with E-state index in [1.54, 1.807) is 12.1 Å². The van der Waals surface area contributed by atoms with Crippen molar-refractivity contribution in [1.29, 1.82) is 10.5 Å². The number of carbonyl (C=O) groups excluding carboxylic acids is 2. The summed E-state index contributed by atoms with van der Waals surface area (Å²) in [5, 5.41) is 18.0. The van der Waals surface area contributed by atoms with E-state index in [0.717, 1.165) is 18.6 Å². The number of Topliss-reactive ketones (excluding diaryl/α,β-unsaturated/α-hetero) is 1. The van der Waals surface area contributed by atoms with E-state index in [2.05, 4.69) is 6.92 Å². The summed E-state index contributed by atoms with van der Waals surface area (Å²) in [7, 11) is 0. The number of nitriles is 2. The monoisotopic (exact) mass is 442 g/mol. The summed E-state index contributed by atoms with van der Waals surface area (Å²) in [4.78, 5) is 24.4. The molecule has 5 heteroatoms. The van der Waals surface area contributed by atoms with Crippen LogP contribution in [0.15, 0.2) is 22.1 Å². The molecule has 0 bridgehead atoms. The van der Waals surface area contributed by atoms with Gasteiger partial charge in [-0.05, 0) is 12.2 Å². The number of allylic oxidation sites excluding steroid dienone is 4. The first-order valence-corrected chi connectivity index (χ1v) is 13.1. The van der Waals surface area contributed by atoms with Crippen molar-refractivity contribution in [1.82, 2.24) is 0 Å². The average molecular weight is 443 g/mol. The van der Waals surface area contributed by atoms with Gasteiger partial charge in [0.15, 0.2) is 5.78 Å². The van der Waals surface area contributed by atoms with Crippen LogP contribution in [0, 0.1) is 22.7 Å². The molecule has 0 spiro atoms. The molecule has 0 aromatic carbocycles. The maximum absolute atomic E-state index is 12.2. The van der Waals surface area contributed by atoms with Crippen molar-refractivity contribution in [2.45, 2.75) is 110 Å². The molecule has 0 atom stereocenters. The van der Waals surface area contributed by atoms with Crippen molar-refractivity contribution in [2.75, 3.05) is 5.75 Å². The predicted octanol–water partition coefficient (Wildman–Crippen LogP) is 7.36. The molecule has 170 valence electrons. The van der Waals surface area contributed by atoms with E-state index in [4.69, 9.17) is 10.5 Å². The van der Waals surface area contributed by atoms with Crippen LogP contribution in [-0.2, 0) is 9.59 Å². The third-order valence-electron chi connectivity index (χ3n) is 5.69. The number of carbonyl (C=O) groups is 2. The number of hydrogen-bond donors (Lipinski definition) is 0. The zero-order valence-electron chi connectivity index (χ0n) is 19.2. The van der Waals surface area contributed by atoms with E-state index in [0.29, 0.717) is 4.91 Å². The van der Waals surface area contributed by atoms with Crippen molar-refractivity contribution >= 4 is 23.3 Å². The number of rotatable bonds is 18. The Hall–Kier alpha value is -1.85. The molecule has 4 nitrogen and oxygen atoms in total. The van der Waals surface area contributed by atoms with Crippen LogP contribution in [0.4, 0.5) is 0 Å². The molecular weight excluding hydrogens is 404 g/mol. The third kappa shape index (κ3) is 11.4. The van der Waals surface area contributed by atoms with Crippen LogP contribution in [-0.4, -0.2) is 17.3 Å². The first-order valence-electron chi connectivity index (χ1n) is 12.1. The largest absolute Gasteiger partial charge is 0.288 e. The minimum Gasteiger partial charge on any atom is -0.288 e. The Morgan fingerprint density at radius 3 is 1.52 bits per heavy atom. The lowest BCUT2D eigenvalue weighted by Crippen LogP contribution is -2.16. The van der Waals surface area contributed by atoms with E-state index in [9.17, 15) is 9.59 Å². The number of thioether (sulfide) groups is 1. The molecule has 0 fully saturated rings. The Morgan fingerprint density at radius 1 is 0.677 bits per heavy atom. The highest BCUT2D eigenvalue weighted by atomic mass is 32.2. The van der Waals surface area contributed by atoms with Gasteiger partial charge in [0.05, 0.1) is 4.91 Å². The second-order valence-corrected chi connectivity index (χ2v) is 9.46. The van der Waals surface area contributed by atoms with E-state index in [1.807, 2.05) is 0 Å². The van der Waals surface area contributed by atoms with Gasteiger partial charge in [0.25, 0.3) is 0 Å². The Balaban J connectivity index is 1.96. The second-order valence-electron chi connectivity index (χ2n) is 8.33. The predicted molar refractivity (Wildman–Crippen MR) is 128 cm³/mol. The smallest absolute Gasteiger partial charge is 0.211 e. The quantitative estimate of drug-likeness (QED) is 0.163. The van der Waals surface area contributed by atoms with Gasteiger partial charge >= 0.3 is 0 Å². The second kappa shape index (κ2) is 17.8. The molecule has 0 aromatic rings. The molecular formula is C26H38N2O2S. The van der Waals surface area contributed by atoms with Crippen LogP contribution >= 0.6 is 11.8 Å². The lowest BCUT2D eigenvalue weighted by Gasteiger charge is -2.10. The molecule has 0 N–H and O–H groups in total. The molecule has 1 aliphatic carbocycles. The number of ketones is 2.